The van der Waals surface area contributed by atoms with Crippen LogP contribution in [0.1, 0.15) is 75.3 Å². The Morgan fingerprint density at radius 3 is 2.18 bits per heavy atom. The van der Waals surface area contributed by atoms with Gasteiger partial charge in [0.2, 0.25) is 0 Å². The molecule has 1 aromatic heterocycles. The number of benzene rings is 3. The van der Waals surface area contributed by atoms with Crippen molar-refractivity contribution in [1.82, 2.24) is 10.3 Å². The van der Waals surface area contributed by atoms with Gasteiger partial charge in [-0.15, -0.1) is 0 Å². The zero-order chi connectivity index (χ0) is 27.6. The number of anilines is 1. The second kappa shape index (κ2) is 10.9. The van der Waals surface area contributed by atoms with Gasteiger partial charge in [0.15, 0.2) is 0 Å². The predicted molar refractivity (Wildman–Crippen MR) is 159 cm³/mol. The Morgan fingerprint density at radius 2 is 1.54 bits per heavy atom. The molecule has 39 heavy (non-hydrogen) atoms. The second-order valence-corrected chi connectivity index (χ2v) is 13.2. The summed E-state index contributed by atoms with van der Waals surface area (Å²) in [6.07, 6.45) is 6.68. The Labute approximate surface area is 231 Å². The van der Waals surface area contributed by atoms with Gasteiger partial charge in [0.05, 0.1) is 4.90 Å². The highest BCUT2D eigenvalue weighted by Gasteiger charge is 2.23. The van der Waals surface area contributed by atoms with Crippen molar-refractivity contribution < 1.29 is 13.2 Å². The molecule has 0 saturated heterocycles. The summed E-state index contributed by atoms with van der Waals surface area (Å²) in [6, 6.07) is 22.3. The number of hydrogen-bond donors (Lipinski definition) is 3. The molecule has 1 amide bonds. The van der Waals surface area contributed by atoms with E-state index in [2.05, 4.69) is 35.8 Å². The summed E-state index contributed by atoms with van der Waals surface area (Å²) >= 11 is 0. The average Bonchev–Trinajstić information content (AvgIpc) is 3.09. The third-order valence-corrected chi connectivity index (χ3v) is 8.96. The van der Waals surface area contributed by atoms with E-state index in [1.54, 1.807) is 24.3 Å². The van der Waals surface area contributed by atoms with Crippen molar-refractivity contribution in [3.05, 3.63) is 84.1 Å². The Hall–Kier alpha value is -3.58. The van der Waals surface area contributed by atoms with Gasteiger partial charge in [-0.25, -0.2) is 8.42 Å². The molecule has 1 aliphatic carbocycles. The van der Waals surface area contributed by atoms with Crippen molar-refractivity contribution in [3.8, 4) is 11.1 Å². The number of nitrogens with one attached hydrogen (secondary N) is 3. The smallest absolute Gasteiger partial charge is 0.268 e. The van der Waals surface area contributed by atoms with Crippen LogP contribution in [0, 0.1) is 0 Å². The van der Waals surface area contributed by atoms with Gasteiger partial charge in [0.1, 0.15) is 5.69 Å². The maximum atomic E-state index is 13.5. The Bertz CT molecular complexity index is 1560. The Kier molecular flexibility index (Phi) is 7.54. The normalized spacial score (nSPS) is 15.2. The number of sulfonamides is 1. The summed E-state index contributed by atoms with van der Waals surface area (Å²) in [5.74, 6) is -0.127. The van der Waals surface area contributed by atoms with Crippen molar-refractivity contribution in [2.45, 2.75) is 75.6 Å². The minimum absolute atomic E-state index is 0.0664. The molecule has 6 nitrogen and oxygen atoms in total. The van der Waals surface area contributed by atoms with Crippen LogP contribution in [0.2, 0.25) is 0 Å². The molecule has 0 bridgehead atoms. The number of rotatable bonds is 6. The van der Waals surface area contributed by atoms with Crippen LogP contribution in [-0.2, 0) is 15.4 Å². The molecule has 0 spiro atoms. The van der Waals surface area contributed by atoms with E-state index in [4.69, 9.17) is 0 Å². The SMILES string of the molecule is CC(C)(C)c1ccc(S(=O)(=O)Nc2ccc3[nH]c(C(=O)NC4CCCCCC4)c(-c4ccccc4)c3c2)cc1. The number of hydrogen-bond acceptors (Lipinski definition) is 3. The second-order valence-electron chi connectivity index (χ2n) is 11.5. The van der Waals surface area contributed by atoms with Gasteiger partial charge in [0.25, 0.3) is 15.9 Å². The maximum Gasteiger partial charge on any atom is 0.268 e. The molecule has 0 atom stereocenters. The summed E-state index contributed by atoms with van der Waals surface area (Å²) < 4.78 is 29.2. The van der Waals surface area contributed by atoms with Crippen LogP contribution < -0.4 is 10.0 Å². The highest BCUT2D eigenvalue weighted by molar-refractivity contribution is 7.92. The molecule has 1 heterocycles. The molecule has 204 valence electrons. The number of amides is 1. The number of fused-ring (bicyclic) bond motifs is 1. The molecular weight excluding hydrogens is 506 g/mol. The molecule has 5 rings (SSSR count). The molecule has 4 aromatic rings. The molecule has 1 aliphatic rings. The van der Waals surface area contributed by atoms with Crippen LogP contribution in [0.25, 0.3) is 22.0 Å². The fraction of sp³-hybridized carbons (Fsp3) is 0.344. The first kappa shape index (κ1) is 27.0. The fourth-order valence-electron chi connectivity index (χ4n) is 5.36. The van der Waals surface area contributed by atoms with E-state index < -0.39 is 10.0 Å². The van der Waals surface area contributed by atoms with Gasteiger partial charge in [-0.1, -0.05) is 88.9 Å². The third-order valence-electron chi connectivity index (χ3n) is 7.56. The fourth-order valence-corrected chi connectivity index (χ4v) is 6.41. The first-order valence-corrected chi connectivity index (χ1v) is 15.3. The molecule has 7 heteroatoms. The molecule has 1 saturated carbocycles. The average molecular weight is 544 g/mol. The first-order valence-electron chi connectivity index (χ1n) is 13.8. The van der Waals surface area contributed by atoms with E-state index in [1.807, 2.05) is 48.5 Å². The number of carbonyl (C=O) groups excluding carboxylic acids is 1. The zero-order valence-corrected chi connectivity index (χ0v) is 23.7. The molecule has 0 aliphatic heterocycles. The van der Waals surface area contributed by atoms with Crippen LogP contribution in [0.15, 0.2) is 77.7 Å². The number of aromatic nitrogens is 1. The van der Waals surface area contributed by atoms with Crippen LogP contribution >= 0.6 is 0 Å². The van der Waals surface area contributed by atoms with Gasteiger partial charge in [-0.3, -0.25) is 9.52 Å². The van der Waals surface area contributed by atoms with Crippen molar-refractivity contribution in [1.29, 1.82) is 0 Å². The molecule has 0 unspecified atom stereocenters. The van der Waals surface area contributed by atoms with Crippen LogP contribution in [0.4, 0.5) is 5.69 Å². The number of carbonyl (C=O) groups is 1. The van der Waals surface area contributed by atoms with Crippen LogP contribution in [0.5, 0.6) is 0 Å². The summed E-state index contributed by atoms with van der Waals surface area (Å²) in [5, 5.41) is 4.04. The van der Waals surface area contributed by atoms with Crippen molar-refractivity contribution >= 4 is 32.5 Å². The Balaban J connectivity index is 1.49. The summed E-state index contributed by atoms with van der Waals surface area (Å²) in [5.41, 5.74) is 4.38. The highest BCUT2D eigenvalue weighted by Crippen LogP contribution is 2.35. The molecular formula is C32H37N3O3S. The minimum atomic E-state index is -3.79. The van der Waals surface area contributed by atoms with E-state index in [9.17, 15) is 13.2 Å². The van der Waals surface area contributed by atoms with E-state index in [1.165, 1.54) is 12.8 Å². The monoisotopic (exact) mass is 543 g/mol. The van der Waals surface area contributed by atoms with E-state index in [0.717, 1.165) is 53.3 Å². The maximum absolute atomic E-state index is 13.5. The highest BCUT2D eigenvalue weighted by atomic mass is 32.2. The largest absolute Gasteiger partial charge is 0.350 e. The molecule has 3 aromatic carbocycles. The molecule has 3 N–H and O–H groups in total. The molecule has 1 fully saturated rings. The third kappa shape index (κ3) is 6.04. The lowest BCUT2D eigenvalue weighted by Crippen LogP contribution is -2.34. The first-order chi connectivity index (χ1) is 18.6. The van der Waals surface area contributed by atoms with Crippen molar-refractivity contribution in [2.75, 3.05) is 4.72 Å². The van der Waals surface area contributed by atoms with Gasteiger partial charge < -0.3 is 10.3 Å². The standard InChI is InChI=1S/C32H37N3O3S/c1-32(2,3)23-15-18-26(19-16-23)39(37,38)35-25-17-20-28-27(21-25)29(22-11-7-6-8-12-22)30(34-28)31(36)33-24-13-9-4-5-10-14-24/h6-8,11-12,15-21,24,34-35H,4-5,9-10,13-14H2,1-3H3,(H,33,36). The lowest BCUT2D eigenvalue weighted by atomic mass is 9.87. The Morgan fingerprint density at radius 1 is 0.872 bits per heavy atom. The molecule has 0 radical (unpaired) electrons. The lowest BCUT2D eigenvalue weighted by molar-refractivity contribution is 0.0930. The summed E-state index contributed by atoms with van der Waals surface area (Å²) in [7, 11) is -3.79. The number of aromatic amines is 1. The number of H-pyrrole nitrogens is 1. The van der Waals surface area contributed by atoms with E-state index in [-0.39, 0.29) is 22.3 Å². The zero-order valence-electron chi connectivity index (χ0n) is 22.9. The lowest BCUT2D eigenvalue weighted by Gasteiger charge is -2.19. The summed E-state index contributed by atoms with van der Waals surface area (Å²) in [6.45, 7) is 6.28. The predicted octanol–water partition coefficient (Wildman–Crippen LogP) is 7.39. The minimum Gasteiger partial charge on any atom is -0.350 e. The van der Waals surface area contributed by atoms with E-state index >= 15 is 0 Å². The summed E-state index contributed by atoms with van der Waals surface area (Å²) in [4.78, 5) is 17.1. The van der Waals surface area contributed by atoms with Gasteiger partial charge >= 0.3 is 0 Å². The van der Waals surface area contributed by atoms with Crippen LogP contribution in [-0.4, -0.2) is 25.4 Å². The van der Waals surface area contributed by atoms with Crippen molar-refractivity contribution in [2.24, 2.45) is 0 Å². The van der Waals surface area contributed by atoms with E-state index in [0.29, 0.717) is 11.4 Å². The van der Waals surface area contributed by atoms with Crippen molar-refractivity contribution in [3.63, 3.8) is 0 Å². The van der Waals surface area contributed by atoms with Gasteiger partial charge in [0, 0.05) is 28.2 Å². The topological polar surface area (TPSA) is 91.1 Å². The van der Waals surface area contributed by atoms with Gasteiger partial charge in [-0.2, -0.15) is 0 Å². The quantitative estimate of drug-likeness (QED) is 0.222. The van der Waals surface area contributed by atoms with Crippen LogP contribution in [0.3, 0.4) is 0 Å². The van der Waals surface area contributed by atoms with Gasteiger partial charge in [-0.05, 0) is 59.7 Å².